The Hall–Kier alpha value is -1.11. The van der Waals surface area contributed by atoms with Gasteiger partial charge in [0.2, 0.25) is 5.91 Å². The molecule has 0 aliphatic carbocycles. The fraction of sp³-hybridized carbons (Fsp3) is 0.467. The number of nitrogens with one attached hydrogen (secondary N) is 2. The number of benzene rings is 1. The molecule has 0 radical (unpaired) electrons. The molecule has 4 nitrogen and oxygen atoms in total. The average Bonchev–Trinajstić information content (AvgIpc) is 2.46. The molecular formula is C15H20ClFN2O2S. The van der Waals surface area contributed by atoms with E-state index in [1.807, 2.05) is 0 Å². The van der Waals surface area contributed by atoms with Crippen LogP contribution in [-0.4, -0.2) is 36.6 Å². The Bertz CT molecular complexity index is 536. The SMILES string of the molecule is CC(=O)c1ccc(SCC(=O)N[C@H]2CCCNC2)cc1F.Cl. The number of piperidine rings is 1. The number of thioether (sulfide) groups is 1. The summed E-state index contributed by atoms with van der Waals surface area (Å²) in [6.07, 6.45) is 2.06. The molecule has 1 amide bonds. The minimum atomic E-state index is -0.538. The summed E-state index contributed by atoms with van der Waals surface area (Å²) in [6.45, 7) is 3.14. The van der Waals surface area contributed by atoms with Crippen molar-refractivity contribution in [3.8, 4) is 0 Å². The van der Waals surface area contributed by atoms with Crippen LogP contribution in [0.25, 0.3) is 0 Å². The third-order valence-corrected chi connectivity index (χ3v) is 4.35. The zero-order chi connectivity index (χ0) is 15.2. The first kappa shape index (κ1) is 18.9. The largest absolute Gasteiger partial charge is 0.351 e. The van der Waals surface area contributed by atoms with Crippen LogP contribution < -0.4 is 10.6 Å². The van der Waals surface area contributed by atoms with Crippen LogP contribution in [0.15, 0.2) is 23.1 Å². The van der Waals surface area contributed by atoms with Crippen LogP contribution in [0.3, 0.4) is 0 Å². The van der Waals surface area contributed by atoms with Gasteiger partial charge in [-0.15, -0.1) is 24.2 Å². The highest BCUT2D eigenvalue weighted by Gasteiger charge is 2.15. The number of carbonyl (C=O) groups excluding carboxylic acids is 2. The van der Waals surface area contributed by atoms with E-state index in [1.165, 1.54) is 30.8 Å². The lowest BCUT2D eigenvalue weighted by Gasteiger charge is -2.23. The van der Waals surface area contributed by atoms with Gasteiger partial charge >= 0.3 is 0 Å². The van der Waals surface area contributed by atoms with E-state index < -0.39 is 5.82 Å². The van der Waals surface area contributed by atoms with E-state index in [1.54, 1.807) is 6.07 Å². The van der Waals surface area contributed by atoms with Crippen molar-refractivity contribution in [3.63, 3.8) is 0 Å². The highest BCUT2D eigenvalue weighted by molar-refractivity contribution is 8.00. The van der Waals surface area contributed by atoms with Crippen LogP contribution in [0.4, 0.5) is 4.39 Å². The Morgan fingerprint density at radius 3 is 2.82 bits per heavy atom. The van der Waals surface area contributed by atoms with Crippen molar-refractivity contribution >= 4 is 35.9 Å². The molecule has 1 fully saturated rings. The summed E-state index contributed by atoms with van der Waals surface area (Å²) in [6, 6.07) is 4.61. The van der Waals surface area contributed by atoms with Crippen LogP contribution >= 0.6 is 24.2 Å². The normalized spacial score (nSPS) is 17.5. The van der Waals surface area contributed by atoms with Gasteiger partial charge < -0.3 is 10.6 Å². The number of halogens is 2. The summed E-state index contributed by atoms with van der Waals surface area (Å²) in [5, 5.41) is 6.20. The number of hydrogen-bond donors (Lipinski definition) is 2. The third-order valence-electron chi connectivity index (χ3n) is 3.35. The third kappa shape index (κ3) is 5.59. The number of Topliss-reactive ketones (excluding diaryl/α,β-unsaturated/α-hetero) is 1. The van der Waals surface area contributed by atoms with Gasteiger partial charge in [-0.3, -0.25) is 9.59 Å². The van der Waals surface area contributed by atoms with E-state index >= 15 is 0 Å². The van der Waals surface area contributed by atoms with Gasteiger partial charge in [-0.1, -0.05) is 0 Å². The summed E-state index contributed by atoms with van der Waals surface area (Å²) in [4.78, 5) is 23.6. The molecule has 0 saturated carbocycles. The first-order valence-electron chi connectivity index (χ1n) is 6.99. The maximum absolute atomic E-state index is 13.7. The molecule has 7 heteroatoms. The quantitative estimate of drug-likeness (QED) is 0.635. The van der Waals surface area contributed by atoms with Crippen LogP contribution in [0.5, 0.6) is 0 Å². The lowest BCUT2D eigenvalue weighted by molar-refractivity contribution is -0.119. The molecule has 22 heavy (non-hydrogen) atoms. The summed E-state index contributed by atoms with van der Waals surface area (Å²) < 4.78 is 13.7. The molecule has 122 valence electrons. The van der Waals surface area contributed by atoms with Gasteiger partial charge in [-0.25, -0.2) is 4.39 Å². The Morgan fingerprint density at radius 1 is 1.45 bits per heavy atom. The van der Waals surface area contributed by atoms with E-state index in [9.17, 15) is 14.0 Å². The van der Waals surface area contributed by atoms with Gasteiger partial charge in [-0.2, -0.15) is 0 Å². The first-order valence-corrected chi connectivity index (χ1v) is 7.98. The van der Waals surface area contributed by atoms with Crippen molar-refractivity contribution < 1.29 is 14.0 Å². The van der Waals surface area contributed by atoms with Gasteiger partial charge in [0.15, 0.2) is 5.78 Å². The minimum absolute atomic E-state index is 0. The summed E-state index contributed by atoms with van der Waals surface area (Å²) in [7, 11) is 0. The van der Waals surface area contributed by atoms with Crippen LogP contribution in [0.2, 0.25) is 0 Å². The second kappa shape index (κ2) is 9.12. The second-order valence-corrected chi connectivity index (χ2v) is 6.15. The van der Waals surface area contributed by atoms with Gasteiger partial charge in [0.25, 0.3) is 0 Å². The fourth-order valence-corrected chi connectivity index (χ4v) is 3.00. The Labute approximate surface area is 140 Å². The van der Waals surface area contributed by atoms with Crippen molar-refractivity contribution in [2.45, 2.75) is 30.7 Å². The van der Waals surface area contributed by atoms with Gasteiger partial charge in [0.1, 0.15) is 5.82 Å². The number of amides is 1. The van der Waals surface area contributed by atoms with E-state index in [2.05, 4.69) is 10.6 Å². The van der Waals surface area contributed by atoms with E-state index in [0.717, 1.165) is 25.9 Å². The number of ketones is 1. The lowest BCUT2D eigenvalue weighted by atomic mass is 10.1. The number of hydrogen-bond acceptors (Lipinski definition) is 4. The van der Waals surface area contributed by atoms with Gasteiger partial charge in [0, 0.05) is 17.5 Å². The van der Waals surface area contributed by atoms with Crippen molar-refractivity contribution in [2.24, 2.45) is 0 Å². The predicted molar refractivity (Wildman–Crippen MR) is 88.4 cm³/mol. The predicted octanol–water partition coefficient (Wildman–Crippen LogP) is 2.41. The molecule has 1 saturated heterocycles. The van der Waals surface area contributed by atoms with Crippen LogP contribution in [0, 0.1) is 5.82 Å². The summed E-state index contributed by atoms with van der Waals surface area (Å²) in [5.41, 5.74) is 0.0806. The van der Waals surface area contributed by atoms with Crippen molar-refractivity contribution in [2.75, 3.05) is 18.8 Å². The number of rotatable bonds is 5. The molecule has 1 aliphatic rings. The molecule has 1 aromatic carbocycles. The van der Waals surface area contributed by atoms with Gasteiger partial charge in [0.05, 0.1) is 11.3 Å². The van der Waals surface area contributed by atoms with E-state index in [-0.39, 0.29) is 41.5 Å². The van der Waals surface area contributed by atoms with Crippen LogP contribution in [0.1, 0.15) is 30.1 Å². The van der Waals surface area contributed by atoms with Crippen molar-refractivity contribution in [1.29, 1.82) is 0 Å². The minimum Gasteiger partial charge on any atom is -0.351 e. The molecule has 0 unspecified atom stereocenters. The highest BCUT2D eigenvalue weighted by Crippen LogP contribution is 2.21. The average molecular weight is 347 g/mol. The fourth-order valence-electron chi connectivity index (χ4n) is 2.26. The number of carbonyl (C=O) groups is 2. The topological polar surface area (TPSA) is 58.2 Å². The first-order chi connectivity index (χ1) is 10.1. The Kier molecular flexibility index (Phi) is 7.85. The Balaban J connectivity index is 0.00000242. The monoisotopic (exact) mass is 346 g/mol. The summed E-state index contributed by atoms with van der Waals surface area (Å²) in [5.74, 6) is -0.643. The smallest absolute Gasteiger partial charge is 0.230 e. The summed E-state index contributed by atoms with van der Waals surface area (Å²) >= 11 is 1.27. The van der Waals surface area contributed by atoms with Crippen molar-refractivity contribution in [3.05, 3.63) is 29.6 Å². The zero-order valence-corrected chi connectivity index (χ0v) is 14.0. The molecular weight excluding hydrogens is 327 g/mol. The molecule has 2 N–H and O–H groups in total. The molecule has 1 aromatic rings. The maximum Gasteiger partial charge on any atom is 0.230 e. The van der Waals surface area contributed by atoms with Crippen molar-refractivity contribution in [1.82, 2.24) is 10.6 Å². The zero-order valence-electron chi connectivity index (χ0n) is 12.4. The lowest BCUT2D eigenvalue weighted by Crippen LogP contribution is -2.46. The van der Waals surface area contributed by atoms with E-state index in [0.29, 0.717) is 4.90 Å². The van der Waals surface area contributed by atoms with E-state index in [4.69, 9.17) is 0 Å². The molecule has 1 heterocycles. The molecule has 0 aromatic heterocycles. The molecule has 0 bridgehead atoms. The van der Waals surface area contributed by atoms with Gasteiger partial charge in [-0.05, 0) is 44.5 Å². The Morgan fingerprint density at radius 2 is 2.23 bits per heavy atom. The molecule has 2 rings (SSSR count). The maximum atomic E-state index is 13.7. The standard InChI is InChI=1S/C15H19FN2O2S.ClH/c1-10(19)13-5-4-12(7-14(13)16)21-9-15(20)18-11-3-2-6-17-8-11;/h4-5,7,11,17H,2-3,6,8-9H2,1H3,(H,18,20);1H/t11-;/m0./s1. The molecule has 1 atom stereocenters. The molecule has 1 aliphatic heterocycles. The van der Waals surface area contributed by atoms with Crippen LogP contribution in [-0.2, 0) is 4.79 Å². The molecule has 0 spiro atoms. The highest BCUT2D eigenvalue weighted by atomic mass is 35.5. The second-order valence-electron chi connectivity index (χ2n) is 5.10.